The molecule has 0 amide bonds. The Morgan fingerprint density at radius 2 is 0.778 bits per heavy atom. The Labute approximate surface area is 67.5 Å². The molecule has 55 valence electrons. The van der Waals surface area contributed by atoms with Crippen LogP contribution < -0.4 is 0 Å². The number of allylic oxidation sites excluding steroid dienone is 4. The van der Waals surface area contributed by atoms with Gasteiger partial charge in [0, 0.05) is 17.1 Å². The Hall–Kier alpha value is -0.000519. The summed E-state index contributed by atoms with van der Waals surface area (Å²) >= 11 is 0. The Kier molecular flexibility index (Phi) is 6.12. The van der Waals surface area contributed by atoms with Crippen LogP contribution >= 0.6 is 0 Å². The SMILES string of the molecule is C1=C\CC/C=C\CC/1.[Cu]. The average Bonchev–Trinajstić information content (AvgIpc) is 1.62. The topological polar surface area (TPSA) is 0 Å². The van der Waals surface area contributed by atoms with Crippen LogP contribution in [0.5, 0.6) is 0 Å². The maximum absolute atomic E-state index is 2.27. The van der Waals surface area contributed by atoms with Gasteiger partial charge in [-0.05, 0) is 25.7 Å². The Bertz CT molecular complexity index is 77.1. The summed E-state index contributed by atoms with van der Waals surface area (Å²) in [6.07, 6.45) is 14.0. The quantitative estimate of drug-likeness (QED) is 0.389. The summed E-state index contributed by atoms with van der Waals surface area (Å²) in [7, 11) is 0. The molecule has 0 aromatic carbocycles. The van der Waals surface area contributed by atoms with Gasteiger partial charge in [0.25, 0.3) is 0 Å². The van der Waals surface area contributed by atoms with E-state index in [2.05, 4.69) is 24.3 Å². The molecule has 1 aliphatic carbocycles. The fraction of sp³-hybridized carbons (Fsp3) is 0.500. The van der Waals surface area contributed by atoms with Crippen molar-refractivity contribution in [2.24, 2.45) is 0 Å². The van der Waals surface area contributed by atoms with Gasteiger partial charge in [-0.15, -0.1) is 0 Å². The van der Waals surface area contributed by atoms with Gasteiger partial charge in [-0.3, -0.25) is 0 Å². The molecule has 0 atom stereocenters. The van der Waals surface area contributed by atoms with Crippen LogP contribution in [0.1, 0.15) is 25.7 Å². The molecule has 0 saturated heterocycles. The fourth-order valence-electron chi connectivity index (χ4n) is 0.856. The van der Waals surface area contributed by atoms with Gasteiger partial charge in [-0.25, -0.2) is 0 Å². The van der Waals surface area contributed by atoms with Gasteiger partial charge >= 0.3 is 0 Å². The van der Waals surface area contributed by atoms with Crippen LogP contribution in [-0.2, 0) is 17.1 Å². The van der Waals surface area contributed by atoms with Crippen molar-refractivity contribution in [2.75, 3.05) is 0 Å². The van der Waals surface area contributed by atoms with Crippen LogP contribution in [0.3, 0.4) is 0 Å². The van der Waals surface area contributed by atoms with Gasteiger partial charge in [-0.1, -0.05) is 24.3 Å². The van der Waals surface area contributed by atoms with Crippen molar-refractivity contribution in [1.29, 1.82) is 0 Å². The first kappa shape index (κ1) is 9.00. The van der Waals surface area contributed by atoms with Crippen molar-refractivity contribution in [3.63, 3.8) is 0 Å². The van der Waals surface area contributed by atoms with E-state index in [0.29, 0.717) is 0 Å². The molecule has 0 fully saturated rings. The molecule has 1 rings (SSSR count). The molecule has 0 nitrogen and oxygen atoms in total. The first-order valence-electron chi connectivity index (χ1n) is 3.30. The average molecular weight is 172 g/mol. The van der Waals surface area contributed by atoms with E-state index in [-0.39, 0.29) is 17.1 Å². The fourth-order valence-corrected chi connectivity index (χ4v) is 0.856. The molecule has 1 radical (unpaired) electrons. The predicted molar refractivity (Wildman–Crippen MR) is 36.7 cm³/mol. The summed E-state index contributed by atoms with van der Waals surface area (Å²) in [5.41, 5.74) is 0. The van der Waals surface area contributed by atoms with Crippen molar-refractivity contribution in [3.05, 3.63) is 24.3 Å². The van der Waals surface area contributed by atoms with E-state index in [1.807, 2.05) is 0 Å². The normalized spacial score (nSPS) is 24.9. The summed E-state index contributed by atoms with van der Waals surface area (Å²) in [6, 6.07) is 0. The monoisotopic (exact) mass is 171 g/mol. The van der Waals surface area contributed by atoms with E-state index < -0.39 is 0 Å². The third-order valence-corrected chi connectivity index (χ3v) is 1.33. The first-order chi connectivity index (χ1) is 4.00. The van der Waals surface area contributed by atoms with Crippen LogP contribution in [-0.4, -0.2) is 0 Å². The summed E-state index contributed by atoms with van der Waals surface area (Å²) in [5.74, 6) is 0. The molecular formula is C8H12Cu. The molecule has 0 aliphatic heterocycles. The molecule has 1 heteroatoms. The van der Waals surface area contributed by atoms with Gasteiger partial charge in [0.2, 0.25) is 0 Å². The van der Waals surface area contributed by atoms with Gasteiger partial charge in [0.15, 0.2) is 0 Å². The van der Waals surface area contributed by atoms with Crippen LogP contribution in [0.15, 0.2) is 24.3 Å². The molecule has 9 heavy (non-hydrogen) atoms. The zero-order valence-corrected chi connectivity index (χ0v) is 6.38. The summed E-state index contributed by atoms with van der Waals surface area (Å²) < 4.78 is 0. The maximum atomic E-state index is 2.27. The number of rotatable bonds is 0. The van der Waals surface area contributed by atoms with Crippen molar-refractivity contribution in [2.45, 2.75) is 25.7 Å². The van der Waals surface area contributed by atoms with E-state index in [4.69, 9.17) is 0 Å². The third-order valence-electron chi connectivity index (χ3n) is 1.33. The van der Waals surface area contributed by atoms with Gasteiger partial charge < -0.3 is 0 Å². The molecule has 0 N–H and O–H groups in total. The standard InChI is InChI=1S/C8H12.Cu/c1-2-4-6-8-7-5-3-1;/h1-2,7-8H,3-6H2;/b2-1-,8-7-;. The molecule has 0 saturated carbocycles. The molecule has 0 aromatic heterocycles. The molecule has 0 heterocycles. The first-order valence-corrected chi connectivity index (χ1v) is 3.30. The minimum absolute atomic E-state index is 0. The smallest absolute Gasteiger partial charge is 0 e. The minimum Gasteiger partial charge on any atom is -0.0882 e. The summed E-state index contributed by atoms with van der Waals surface area (Å²) in [5, 5.41) is 0. The van der Waals surface area contributed by atoms with Crippen LogP contribution in [0.2, 0.25) is 0 Å². The molecule has 0 aromatic rings. The van der Waals surface area contributed by atoms with Gasteiger partial charge in [-0.2, -0.15) is 0 Å². The van der Waals surface area contributed by atoms with Crippen molar-refractivity contribution in [1.82, 2.24) is 0 Å². The molecule has 1 aliphatic rings. The van der Waals surface area contributed by atoms with E-state index >= 15 is 0 Å². The van der Waals surface area contributed by atoms with Gasteiger partial charge in [0.05, 0.1) is 0 Å². The zero-order chi connectivity index (χ0) is 5.66. The number of hydrogen-bond acceptors (Lipinski definition) is 0. The van der Waals surface area contributed by atoms with Gasteiger partial charge in [0.1, 0.15) is 0 Å². The van der Waals surface area contributed by atoms with E-state index in [0.717, 1.165) is 0 Å². The molecule has 0 spiro atoms. The van der Waals surface area contributed by atoms with Crippen molar-refractivity contribution < 1.29 is 17.1 Å². The second kappa shape index (κ2) is 6.12. The van der Waals surface area contributed by atoms with E-state index in [9.17, 15) is 0 Å². The predicted octanol–water partition coefficient (Wildman–Crippen LogP) is 2.67. The van der Waals surface area contributed by atoms with Crippen molar-refractivity contribution >= 4 is 0 Å². The second-order valence-electron chi connectivity index (χ2n) is 2.10. The summed E-state index contributed by atoms with van der Waals surface area (Å²) in [4.78, 5) is 0. The number of hydrogen-bond donors (Lipinski definition) is 0. The van der Waals surface area contributed by atoms with Crippen LogP contribution in [0.25, 0.3) is 0 Å². The molecule has 0 unspecified atom stereocenters. The Morgan fingerprint density at radius 1 is 0.556 bits per heavy atom. The second-order valence-corrected chi connectivity index (χ2v) is 2.10. The van der Waals surface area contributed by atoms with Crippen molar-refractivity contribution in [3.8, 4) is 0 Å². The Morgan fingerprint density at radius 3 is 1.00 bits per heavy atom. The van der Waals surface area contributed by atoms with E-state index in [1.165, 1.54) is 25.7 Å². The zero-order valence-electron chi connectivity index (χ0n) is 5.44. The largest absolute Gasteiger partial charge is 0.0882 e. The minimum atomic E-state index is 0. The Balaban J connectivity index is 0.000000640. The third kappa shape index (κ3) is 4.50. The summed E-state index contributed by atoms with van der Waals surface area (Å²) in [6.45, 7) is 0. The van der Waals surface area contributed by atoms with Crippen LogP contribution in [0.4, 0.5) is 0 Å². The molecular weight excluding hydrogens is 160 g/mol. The van der Waals surface area contributed by atoms with E-state index in [1.54, 1.807) is 0 Å². The maximum Gasteiger partial charge on any atom is 0 e. The van der Waals surface area contributed by atoms with Crippen LogP contribution in [0, 0.1) is 0 Å². The molecule has 0 bridgehead atoms.